The Hall–Kier alpha value is -2.10. The Balaban J connectivity index is 2.03. The maximum Gasteiger partial charge on any atom is 0.331 e. The summed E-state index contributed by atoms with van der Waals surface area (Å²) in [5.74, 6) is 0. The number of amides is 1. The first-order valence-electron chi connectivity index (χ1n) is 6.67. The SMILES string of the molecule is O=C(N1CCCCC1)n1ccc2ccccc2c1=O. The predicted molar refractivity (Wildman–Crippen MR) is 74.4 cm³/mol. The van der Waals surface area contributed by atoms with E-state index in [-0.39, 0.29) is 11.6 Å². The van der Waals surface area contributed by atoms with Gasteiger partial charge in [0.15, 0.2) is 0 Å². The summed E-state index contributed by atoms with van der Waals surface area (Å²) in [4.78, 5) is 26.4. The minimum Gasteiger partial charge on any atom is -0.324 e. The molecule has 2 aromatic rings. The number of nitrogens with zero attached hydrogens (tertiary/aromatic N) is 2. The molecule has 19 heavy (non-hydrogen) atoms. The standard InChI is InChI=1S/C15H16N2O2/c18-14-13-7-3-2-6-12(13)8-11-17(14)15(19)16-9-4-1-5-10-16/h2-3,6-8,11H,1,4-5,9-10H2. The monoisotopic (exact) mass is 256 g/mol. The second kappa shape index (κ2) is 4.88. The minimum atomic E-state index is -0.228. The summed E-state index contributed by atoms with van der Waals surface area (Å²) in [5.41, 5.74) is -0.228. The van der Waals surface area contributed by atoms with E-state index in [0.717, 1.165) is 37.7 Å². The molecule has 0 N–H and O–H groups in total. The van der Waals surface area contributed by atoms with Crippen LogP contribution in [-0.2, 0) is 0 Å². The van der Waals surface area contributed by atoms with Gasteiger partial charge in [0.05, 0.1) is 0 Å². The molecule has 3 rings (SSSR count). The van der Waals surface area contributed by atoms with Crippen LogP contribution in [0.2, 0.25) is 0 Å². The lowest BCUT2D eigenvalue weighted by atomic mass is 10.1. The van der Waals surface area contributed by atoms with Crippen molar-refractivity contribution in [2.75, 3.05) is 13.1 Å². The molecule has 1 aromatic heterocycles. The van der Waals surface area contributed by atoms with Gasteiger partial charge in [-0.15, -0.1) is 0 Å². The molecule has 1 aliphatic rings. The fraction of sp³-hybridized carbons (Fsp3) is 0.333. The van der Waals surface area contributed by atoms with E-state index in [2.05, 4.69) is 0 Å². The molecule has 0 spiro atoms. The molecular formula is C15H16N2O2. The van der Waals surface area contributed by atoms with Gasteiger partial charge < -0.3 is 4.90 Å². The fourth-order valence-electron chi connectivity index (χ4n) is 2.58. The zero-order chi connectivity index (χ0) is 13.2. The van der Waals surface area contributed by atoms with Crippen LogP contribution in [0.5, 0.6) is 0 Å². The second-order valence-corrected chi connectivity index (χ2v) is 4.91. The van der Waals surface area contributed by atoms with Gasteiger partial charge in [-0.2, -0.15) is 0 Å². The molecule has 1 saturated heterocycles. The number of fused-ring (bicyclic) bond motifs is 1. The van der Waals surface area contributed by atoms with Crippen molar-refractivity contribution in [3.05, 3.63) is 46.9 Å². The Labute approximate surface area is 111 Å². The van der Waals surface area contributed by atoms with E-state index in [1.54, 1.807) is 17.2 Å². The van der Waals surface area contributed by atoms with Crippen LogP contribution in [0.4, 0.5) is 4.79 Å². The average molecular weight is 256 g/mol. The third-order valence-corrected chi connectivity index (χ3v) is 3.65. The van der Waals surface area contributed by atoms with Gasteiger partial charge in [0, 0.05) is 24.7 Å². The molecule has 0 atom stereocenters. The topological polar surface area (TPSA) is 42.3 Å². The number of hydrogen-bond acceptors (Lipinski definition) is 2. The molecule has 4 nitrogen and oxygen atoms in total. The first-order valence-corrected chi connectivity index (χ1v) is 6.67. The number of hydrogen-bond donors (Lipinski definition) is 0. The van der Waals surface area contributed by atoms with Crippen molar-refractivity contribution in [2.24, 2.45) is 0 Å². The van der Waals surface area contributed by atoms with E-state index in [1.165, 1.54) is 4.57 Å². The van der Waals surface area contributed by atoms with Gasteiger partial charge in [-0.3, -0.25) is 4.79 Å². The number of likely N-dealkylation sites (tertiary alicyclic amines) is 1. The van der Waals surface area contributed by atoms with Crippen LogP contribution in [0.1, 0.15) is 19.3 Å². The second-order valence-electron chi connectivity index (χ2n) is 4.91. The van der Waals surface area contributed by atoms with E-state index in [4.69, 9.17) is 0 Å². The Kier molecular flexibility index (Phi) is 3.07. The molecule has 0 radical (unpaired) electrons. The predicted octanol–water partition coefficient (Wildman–Crippen LogP) is 2.46. The number of carbonyl (C=O) groups excluding carboxylic acids is 1. The summed E-state index contributed by atoms with van der Waals surface area (Å²) in [6.45, 7) is 1.50. The summed E-state index contributed by atoms with van der Waals surface area (Å²) < 4.78 is 1.23. The molecule has 0 unspecified atom stereocenters. The number of piperidine rings is 1. The summed E-state index contributed by atoms with van der Waals surface area (Å²) in [6, 6.07) is 8.97. The normalized spacial score (nSPS) is 15.7. The molecule has 0 aliphatic carbocycles. The summed E-state index contributed by atoms with van der Waals surface area (Å²) >= 11 is 0. The van der Waals surface area contributed by atoms with Crippen LogP contribution in [0, 0.1) is 0 Å². The number of benzene rings is 1. The minimum absolute atomic E-state index is 0.199. The molecule has 1 aliphatic heterocycles. The van der Waals surface area contributed by atoms with Gasteiger partial charge in [-0.05, 0) is 36.8 Å². The summed E-state index contributed by atoms with van der Waals surface area (Å²) in [5, 5.41) is 1.46. The van der Waals surface area contributed by atoms with Crippen molar-refractivity contribution in [1.29, 1.82) is 0 Å². The summed E-state index contributed by atoms with van der Waals surface area (Å²) in [7, 11) is 0. The third-order valence-electron chi connectivity index (χ3n) is 3.65. The molecular weight excluding hydrogens is 240 g/mol. The molecule has 0 bridgehead atoms. The van der Waals surface area contributed by atoms with Crippen molar-refractivity contribution in [3.63, 3.8) is 0 Å². The molecule has 0 saturated carbocycles. The molecule has 4 heteroatoms. The quantitative estimate of drug-likeness (QED) is 0.726. The van der Waals surface area contributed by atoms with E-state index >= 15 is 0 Å². The highest BCUT2D eigenvalue weighted by molar-refractivity contribution is 5.85. The van der Waals surface area contributed by atoms with E-state index in [1.807, 2.05) is 24.3 Å². The van der Waals surface area contributed by atoms with Crippen LogP contribution in [-0.4, -0.2) is 28.6 Å². The van der Waals surface area contributed by atoms with Gasteiger partial charge in [0.2, 0.25) is 0 Å². The number of pyridine rings is 1. The lowest BCUT2D eigenvalue weighted by Gasteiger charge is -2.26. The van der Waals surface area contributed by atoms with Crippen molar-refractivity contribution < 1.29 is 4.79 Å². The average Bonchev–Trinajstić information content (AvgIpc) is 2.48. The highest BCUT2D eigenvalue weighted by atomic mass is 16.2. The van der Waals surface area contributed by atoms with Gasteiger partial charge >= 0.3 is 6.03 Å². The van der Waals surface area contributed by atoms with Gasteiger partial charge in [-0.25, -0.2) is 9.36 Å². The van der Waals surface area contributed by atoms with Crippen molar-refractivity contribution in [2.45, 2.75) is 19.3 Å². The van der Waals surface area contributed by atoms with Gasteiger partial charge in [0.1, 0.15) is 0 Å². The highest BCUT2D eigenvalue weighted by Gasteiger charge is 2.19. The van der Waals surface area contributed by atoms with Gasteiger partial charge in [-0.1, -0.05) is 18.2 Å². The molecule has 1 aromatic carbocycles. The molecule has 2 heterocycles. The smallest absolute Gasteiger partial charge is 0.324 e. The van der Waals surface area contributed by atoms with Crippen LogP contribution < -0.4 is 5.56 Å². The maximum atomic E-state index is 12.4. The number of carbonyl (C=O) groups is 1. The Morgan fingerprint density at radius 1 is 1.00 bits per heavy atom. The van der Waals surface area contributed by atoms with Crippen molar-refractivity contribution in [1.82, 2.24) is 9.47 Å². The van der Waals surface area contributed by atoms with E-state index in [0.29, 0.717) is 5.39 Å². The fourth-order valence-corrected chi connectivity index (χ4v) is 2.58. The first-order chi connectivity index (χ1) is 9.27. The first kappa shape index (κ1) is 12.0. The lowest BCUT2D eigenvalue weighted by molar-refractivity contribution is 0.187. The van der Waals surface area contributed by atoms with Crippen LogP contribution in [0.3, 0.4) is 0 Å². The Morgan fingerprint density at radius 3 is 2.53 bits per heavy atom. The third kappa shape index (κ3) is 2.14. The van der Waals surface area contributed by atoms with Crippen molar-refractivity contribution >= 4 is 16.8 Å². The van der Waals surface area contributed by atoms with E-state index < -0.39 is 0 Å². The molecule has 1 fully saturated rings. The Bertz CT molecular complexity index is 669. The van der Waals surface area contributed by atoms with E-state index in [9.17, 15) is 9.59 Å². The number of aromatic nitrogens is 1. The highest BCUT2D eigenvalue weighted by Crippen LogP contribution is 2.12. The summed E-state index contributed by atoms with van der Waals surface area (Å²) in [6.07, 6.45) is 4.79. The van der Waals surface area contributed by atoms with Crippen molar-refractivity contribution in [3.8, 4) is 0 Å². The molecule has 1 amide bonds. The number of rotatable bonds is 0. The van der Waals surface area contributed by atoms with Crippen LogP contribution >= 0.6 is 0 Å². The van der Waals surface area contributed by atoms with Crippen LogP contribution in [0.25, 0.3) is 10.8 Å². The Morgan fingerprint density at radius 2 is 1.74 bits per heavy atom. The zero-order valence-electron chi connectivity index (χ0n) is 10.7. The molecule has 98 valence electrons. The van der Waals surface area contributed by atoms with Gasteiger partial charge in [0.25, 0.3) is 5.56 Å². The zero-order valence-corrected chi connectivity index (χ0v) is 10.7. The van der Waals surface area contributed by atoms with Crippen LogP contribution in [0.15, 0.2) is 41.3 Å². The lowest BCUT2D eigenvalue weighted by Crippen LogP contribution is -2.42. The largest absolute Gasteiger partial charge is 0.331 e. The maximum absolute atomic E-state index is 12.4.